The summed E-state index contributed by atoms with van der Waals surface area (Å²) in [6.45, 7) is 3.40. The number of para-hydroxylation sites is 2. The van der Waals surface area contributed by atoms with Gasteiger partial charge in [-0.2, -0.15) is 0 Å². The van der Waals surface area contributed by atoms with Crippen molar-refractivity contribution in [1.29, 1.82) is 0 Å². The SMILES string of the molecule is COCCN1CCOc2ccccc21. The van der Waals surface area contributed by atoms with Crippen molar-refractivity contribution in [2.24, 2.45) is 0 Å². The molecule has 1 aromatic carbocycles. The fourth-order valence-electron chi connectivity index (χ4n) is 1.66. The number of fused-ring (bicyclic) bond motifs is 1. The van der Waals surface area contributed by atoms with Gasteiger partial charge in [-0.25, -0.2) is 0 Å². The minimum atomic E-state index is 0.758. The molecule has 0 radical (unpaired) electrons. The van der Waals surface area contributed by atoms with Gasteiger partial charge in [0, 0.05) is 13.7 Å². The monoisotopic (exact) mass is 193 g/mol. The van der Waals surface area contributed by atoms with Gasteiger partial charge in [-0.05, 0) is 12.1 Å². The lowest BCUT2D eigenvalue weighted by Gasteiger charge is -2.30. The highest BCUT2D eigenvalue weighted by molar-refractivity contribution is 5.59. The molecule has 0 N–H and O–H groups in total. The van der Waals surface area contributed by atoms with Gasteiger partial charge in [-0.15, -0.1) is 0 Å². The van der Waals surface area contributed by atoms with Crippen LogP contribution in [0.15, 0.2) is 24.3 Å². The zero-order valence-electron chi connectivity index (χ0n) is 8.40. The molecule has 1 aliphatic rings. The van der Waals surface area contributed by atoms with E-state index in [-0.39, 0.29) is 0 Å². The second-order valence-electron chi connectivity index (χ2n) is 3.30. The first kappa shape index (κ1) is 9.34. The molecule has 0 saturated carbocycles. The summed E-state index contributed by atoms with van der Waals surface area (Å²) in [5.74, 6) is 0.981. The van der Waals surface area contributed by atoms with E-state index in [1.807, 2.05) is 18.2 Å². The van der Waals surface area contributed by atoms with E-state index in [0.717, 1.165) is 32.1 Å². The van der Waals surface area contributed by atoms with Gasteiger partial charge >= 0.3 is 0 Å². The number of hydrogen-bond donors (Lipinski definition) is 0. The lowest BCUT2D eigenvalue weighted by atomic mass is 10.2. The number of rotatable bonds is 3. The topological polar surface area (TPSA) is 21.7 Å². The van der Waals surface area contributed by atoms with Crippen LogP contribution in [0.4, 0.5) is 5.69 Å². The van der Waals surface area contributed by atoms with Gasteiger partial charge in [0.1, 0.15) is 12.4 Å². The van der Waals surface area contributed by atoms with E-state index in [0.29, 0.717) is 0 Å². The molecule has 3 nitrogen and oxygen atoms in total. The van der Waals surface area contributed by atoms with Crippen LogP contribution in [-0.2, 0) is 4.74 Å². The van der Waals surface area contributed by atoms with Crippen molar-refractivity contribution in [3.05, 3.63) is 24.3 Å². The van der Waals surface area contributed by atoms with Crippen LogP contribution < -0.4 is 9.64 Å². The van der Waals surface area contributed by atoms with Crippen molar-refractivity contribution < 1.29 is 9.47 Å². The molecule has 1 aromatic rings. The third-order valence-corrected chi connectivity index (χ3v) is 2.39. The first-order valence-corrected chi connectivity index (χ1v) is 4.87. The van der Waals surface area contributed by atoms with Gasteiger partial charge in [0.05, 0.1) is 18.8 Å². The fourth-order valence-corrected chi connectivity index (χ4v) is 1.66. The molecule has 0 fully saturated rings. The van der Waals surface area contributed by atoms with Gasteiger partial charge in [0.15, 0.2) is 0 Å². The molecule has 0 aliphatic carbocycles. The van der Waals surface area contributed by atoms with Crippen molar-refractivity contribution in [3.8, 4) is 5.75 Å². The average molecular weight is 193 g/mol. The number of ether oxygens (including phenoxy) is 2. The molecule has 0 bridgehead atoms. The molecule has 3 heteroatoms. The normalized spacial score (nSPS) is 14.8. The van der Waals surface area contributed by atoms with Crippen LogP contribution in [0.3, 0.4) is 0 Å². The maximum Gasteiger partial charge on any atom is 0.142 e. The minimum absolute atomic E-state index is 0.758. The predicted octanol–water partition coefficient (Wildman–Crippen LogP) is 1.53. The van der Waals surface area contributed by atoms with Crippen LogP contribution >= 0.6 is 0 Å². The number of nitrogens with zero attached hydrogens (tertiary/aromatic N) is 1. The molecule has 0 amide bonds. The second-order valence-corrected chi connectivity index (χ2v) is 3.30. The van der Waals surface area contributed by atoms with Crippen molar-refractivity contribution in [2.45, 2.75) is 0 Å². The molecule has 1 heterocycles. The lowest BCUT2D eigenvalue weighted by Crippen LogP contribution is -2.35. The fraction of sp³-hybridized carbons (Fsp3) is 0.455. The molecule has 1 aliphatic heterocycles. The van der Waals surface area contributed by atoms with Crippen LogP contribution in [0.25, 0.3) is 0 Å². The Morgan fingerprint density at radius 1 is 1.43 bits per heavy atom. The summed E-state index contributed by atoms with van der Waals surface area (Å²) in [7, 11) is 1.73. The van der Waals surface area contributed by atoms with Crippen LogP contribution in [0.2, 0.25) is 0 Å². The van der Waals surface area contributed by atoms with Gasteiger partial charge in [-0.3, -0.25) is 0 Å². The number of methoxy groups -OCH3 is 1. The number of anilines is 1. The van der Waals surface area contributed by atoms with Crippen molar-refractivity contribution >= 4 is 5.69 Å². The third kappa shape index (κ3) is 1.82. The molecule has 14 heavy (non-hydrogen) atoms. The van der Waals surface area contributed by atoms with Crippen molar-refractivity contribution in [1.82, 2.24) is 0 Å². The van der Waals surface area contributed by atoms with E-state index in [2.05, 4.69) is 11.0 Å². The Hall–Kier alpha value is -1.22. The molecule has 0 saturated heterocycles. The Morgan fingerprint density at radius 3 is 3.14 bits per heavy atom. The number of benzene rings is 1. The lowest BCUT2D eigenvalue weighted by molar-refractivity contribution is 0.201. The molecule has 2 rings (SSSR count). The van der Waals surface area contributed by atoms with Crippen molar-refractivity contribution in [3.63, 3.8) is 0 Å². The summed E-state index contributed by atoms with van der Waals surface area (Å²) in [5.41, 5.74) is 1.18. The Balaban J connectivity index is 2.14. The van der Waals surface area contributed by atoms with E-state index in [1.54, 1.807) is 7.11 Å². The zero-order chi connectivity index (χ0) is 9.80. The molecular weight excluding hydrogens is 178 g/mol. The third-order valence-electron chi connectivity index (χ3n) is 2.39. The first-order chi connectivity index (χ1) is 6.92. The maximum absolute atomic E-state index is 5.55. The van der Waals surface area contributed by atoms with Gasteiger partial charge < -0.3 is 14.4 Å². The predicted molar refractivity (Wildman–Crippen MR) is 56.0 cm³/mol. The molecule has 0 atom stereocenters. The Morgan fingerprint density at radius 2 is 2.29 bits per heavy atom. The molecule has 0 aromatic heterocycles. The standard InChI is InChI=1S/C11H15NO2/c1-13-8-6-12-7-9-14-11-5-3-2-4-10(11)12/h2-5H,6-9H2,1H3. The van der Waals surface area contributed by atoms with Gasteiger partial charge in [-0.1, -0.05) is 12.1 Å². The molecule has 76 valence electrons. The van der Waals surface area contributed by atoms with E-state index >= 15 is 0 Å². The highest BCUT2D eigenvalue weighted by Crippen LogP contribution is 2.30. The van der Waals surface area contributed by atoms with E-state index in [1.165, 1.54) is 5.69 Å². The highest BCUT2D eigenvalue weighted by atomic mass is 16.5. The molecular formula is C11H15NO2. The summed E-state index contributed by atoms with van der Waals surface area (Å²) in [5, 5.41) is 0. The summed E-state index contributed by atoms with van der Waals surface area (Å²) in [6.07, 6.45) is 0. The Labute approximate surface area is 84.2 Å². The van der Waals surface area contributed by atoms with Crippen LogP contribution in [-0.4, -0.2) is 33.4 Å². The average Bonchev–Trinajstić information content (AvgIpc) is 2.26. The van der Waals surface area contributed by atoms with Crippen LogP contribution in [0.5, 0.6) is 5.75 Å². The largest absolute Gasteiger partial charge is 0.490 e. The highest BCUT2D eigenvalue weighted by Gasteiger charge is 2.16. The van der Waals surface area contributed by atoms with Crippen LogP contribution in [0, 0.1) is 0 Å². The van der Waals surface area contributed by atoms with E-state index < -0.39 is 0 Å². The van der Waals surface area contributed by atoms with E-state index in [4.69, 9.17) is 9.47 Å². The molecule has 0 spiro atoms. The Kier molecular flexibility index (Phi) is 2.89. The minimum Gasteiger partial charge on any atom is -0.490 e. The summed E-state index contributed by atoms with van der Waals surface area (Å²) in [4.78, 5) is 2.29. The van der Waals surface area contributed by atoms with Crippen LogP contribution in [0.1, 0.15) is 0 Å². The maximum atomic E-state index is 5.55. The summed E-state index contributed by atoms with van der Waals surface area (Å²) in [6, 6.07) is 8.13. The van der Waals surface area contributed by atoms with E-state index in [9.17, 15) is 0 Å². The van der Waals surface area contributed by atoms with Gasteiger partial charge in [0.25, 0.3) is 0 Å². The molecule has 0 unspecified atom stereocenters. The smallest absolute Gasteiger partial charge is 0.142 e. The summed E-state index contributed by atoms with van der Waals surface area (Å²) >= 11 is 0. The van der Waals surface area contributed by atoms with Crippen molar-refractivity contribution in [2.75, 3.05) is 38.3 Å². The Bertz CT molecular complexity index is 301. The first-order valence-electron chi connectivity index (χ1n) is 4.87. The quantitative estimate of drug-likeness (QED) is 0.726. The zero-order valence-corrected chi connectivity index (χ0v) is 8.40. The number of hydrogen-bond acceptors (Lipinski definition) is 3. The van der Waals surface area contributed by atoms with Gasteiger partial charge in [0.2, 0.25) is 0 Å². The second kappa shape index (κ2) is 4.33. The summed E-state index contributed by atoms with van der Waals surface area (Å²) < 4.78 is 10.6.